The van der Waals surface area contributed by atoms with Crippen LogP contribution in [0.15, 0.2) is 67.0 Å². The van der Waals surface area contributed by atoms with E-state index in [4.69, 9.17) is 11.6 Å². The molecule has 190 valence electrons. The molecule has 2 amide bonds. The monoisotopic (exact) mass is 534 g/mol. The second kappa shape index (κ2) is 11.7. The molecule has 1 fully saturated rings. The van der Waals surface area contributed by atoms with Crippen LogP contribution in [-0.4, -0.2) is 66.0 Å². The summed E-state index contributed by atoms with van der Waals surface area (Å²) in [5.74, 6) is -1.31. The number of piperazine rings is 1. The van der Waals surface area contributed by atoms with Crippen molar-refractivity contribution in [1.82, 2.24) is 20.2 Å². The van der Waals surface area contributed by atoms with Crippen LogP contribution in [0.4, 0.5) is 11.4 Å². The lowest BCUT2D eigenvalue weighted by Crippen LogP contribution is -2.47. The molecule has 1 aliphatic rings. The highest BCUT2D eigenvalue weighted by molar-refractivity contribution is 7.22. The van der Waals surface area contributed by atoms with Crippen molar-refractivity contribution in [3.8, 4) is 10.6 Å². The molecule has 0 spiro atoms. The Balaban J connectivity index is 1.03. The molecule has 3 heterocycles. The third-order valence-corrected chi connectivity index (χ3v) is 7.88. The largest absolute Gasteiger partial charge is 0.369 e. The average Bonchev–Trinajstić information content (AvgIpc) is 3.38. The summed E-state index contributed by atoms with van der Waals surface area (Å²) in [5, 5.41) is 6.90. The van der Waals surface area contributed by atoms with E-state index >= 15 is 0 Å². The molecule has 2 N–H and O–H groups in total. The summed E-state index contributed by atoms with van der Waals surface area (Å²) in [6.45, 7) is 5.20. The highest BCUT2D eigenvalue weighted by Crippen LogP contribution is 2.34. The fourth-order valence-electron chi connectivity index (χ4n) is 4.29. The zero-order valence-electron chi connectivity index (χ0n) is 20.2. The predicted molar refractivity (Wildman–Crippen MR) is 149 cm³/mol. The van der Waals surface area contributed by atoms with Crippen LogP contribution in [0.3, 0.4) is 0 Å². The first-order chi connectivity index (χ1) is 18.1. The van der Waals surface area contributed by atoms with Crippen LogP contribution in [0.2, 0.25) is 5.02 Å². The minimum Gasteiger partial charge on any atom is -0.369 e. The van der Waals surface area contributed by atoms with Crippen molar-refractivity contribution in [2.45, 2.75) is 6.42 Å². The molecule has 10 heteroatoms. The number of rotatable bonds is 7. The molecule has 1 saturated heterocycles. The third-order valence-electron chi connectivity index (χ3n) is 6.30. The van der Waals surface area contributed by atoms with Crippen LogP contribution < -0.4 is 15.5 Å². The molecule has 5 rings (SSSR count). The van der Waals surface area contributed by atoms with Gasteiger partial charge in [0.2, 0.25) is 0 Å². The molecule has 0 bridgehead atoms. The van der Waals surface area contributed by atoms with Gasteiger partial charge in [-0.2, -0.15) is 0 Å². The van der Waals surface area contributed by atoms with Gasteiger partial charge < -0.3 is 15.5 Å². The highest BCUT2D eigenvalue weighted by atomic mass is 35.5. The summed E-state index contributed by atoms with van der Waals surface area (Å²) in [5.41, 5.74) is 3.52. The maximum absolute atomic E-state index is 12.3. The fraction of sp³-hybridized carbons (Fsp3) is 0.259. The van der Waals surface area contributed by atoms with E-state index in [9.17, 15) is 9.59 Å². The number of aromatic nitrogens is 2. The Hall–Kier alpha value is -3.53. The van der Waals surface area contributed by atoms with E-state index in [2.05, 4.69) is 30.4 Å². The van der Waals surface area contributed by atoms with Gasteiger partial charge in [0, 0.05) is 62.1 Å². The first kappa shape index (κ1) is 25.1. The third kappa shape index (κ3) is 6.25. The molecule has 4 aromatic rings. The number of nitrogens with zero attached hydrogens (tertiary/aromatic N) is 4. The maximum atomic E-state index is 12.3. The number of amides is 2. The molecule has 2 aromatic heterocycles. The van der Waals surface area contributed by atoms with E-state index < -0.39 is 11.8 Å². The van der Waals surface area contributed by atoms with Gasteiger partial charge in [-0.05, 0) is 61.5 Å². The van der Waals surface area contributed by atoms with Crippen LogP contribution in [0.1, 0.15) is 6.42 Å². The minimum absolute atomic E-state index is 0.454. The molecule has 37 heavy (non-hydrogen) atoms. The van der Waals surface area contributed by atoms with Gasteiger partial charge in [-0.15, -0.1) is 11.3 Å². The molecule has 0 atom stereocenters. The van der Waals surface area contributed by atoms with Gasteiger partial charge in [0.15, 0.2) is 0 Å². The Labute approximate surface area is 224 Å². The molecule has 2 aromatic carbocycles. The lowest BCUT2D eigenvalue weighted by molar-refractivity contribution is -0.136. The number of anilines is 2. The number of thiazole rings is 1. The van der Waals surface area contributed by atoms with Crippen molar-refractivity contribution < 1.29 is 9.59 Å². The fourth-order valence-corrected chi connectivity index (χ4v) is 5.55. The van der Waals surface area contributed by atoms with Gasteiger partial charge in [-0.3, -0.25) is 19.5 Å². The van der Waals surface area contributed by atoms with E-state index in [0.29, 0.717) is 17.3 Å². The summed E-state index contributed by atoms with van der Waals surface area (Å²) in [4.78, 5) is 38.0. The van der Waals surface area contributed by atoms with Crippen molar-refractivity contribution in [2.24, 2.45) is 0 Å². The minimum atomic E-state index is -0.675. The Morgan fingerprint density at radius 3 is 2.43 bits per heavy atom. The zero-order valence-corrected chi connectivity index (χ0v) is 21.8. The quantitative estimate of drug-likeness (QED) is 0.272. The number of hydrogen-bond donors (Lipinski definition) is 2. The Bertz CT molecular complexity index is 1370. The van der Waals surface area contributed by atoms with Gasteiger partial charge in [0.05, 0.1) is 15.2 Å². The lowest BCUT2D eigenvalue weighted by atomic mass is 10.2. The van der Waals surface area contributed by atoms with E-state index in [-0.39, 0.29) is 0 Å². The molecule has 0 saturated carbocycles. The van der Waals surface area contributed by atoms with Gasteiger partial charge >= 0.3 is 11.8 Å². The number of fused-ring (bicyclic) bond motifs is 1. The molecule has 1 aliphatic heterocycles. The van der Waals surface area contributed by atoms with Crippen LogP contribution in [0.25, 0.3) is 20.8 Å². The van der Waals surface area contributed by atoms with Crippen LogP contribution >= 0.6 is 22.9 Å². The number of hydrogen-bond acceptors (Lipinski definition) is 7. The number of benzene rings is 2. The van der Waals surface area contributed by atoms with Gasteiger partial charge in [-0.25, -0.2) is 4.98 Å². The molecular formula is C27H27ClN6O2S. The van der Waals surface area contributed by atoms with Crippen LogP contribution in [-0.2, 0) is 9.59 Å². The van der Waals surface area contributed by atoms with E-state index in [1.807, 2.05) is 54.9 Å². The molecule has 8 nitrogen and oxygen atoms in total. The van der Waals surface area contributed by atoms with E-state index in [1.165, 1.54) is 17.0 Å². The van der Waals surface area contributed by atoms with Gasteiger partial charge in [-0.1, -0.05) is 17.7 Å². The molecule has 0 radical (unpaired) electrons. The van der Waals surface area contributed by atoms with E-state index in [1.54, 1.807) is 12.1 Å². The lowest BCUT2D eigenvalue weighted by Gasteiger charge is -2.36. The number of halogens is 1. The standard InChI is InChI=1S/C27H27ClN6O2S/c28-22-3-1-4-23-24(22)37-27(32-23)19-5-7-20(8-6-19)31-26(36)25(35)30-11-2-14-33-15-17-34(18-16-33)21-9-12-29-13-10-21/h1,3-10,12-13H,2,11,14-18H2,(H,30,35)(H,31,36). The average molecular weight is 535 g/mol. The van der Waals surface area contributed by atoms with Crippen LogP contribution in [0, 0.1) is 0 Å². The SMILES string of the molecule is O=C(NCCCN1CCN(c2ccncc2)CC1)C(=O)Nc1ccc(-c2nc3cccc(Cl)c3s2)cc1. The zero-order chi connectivity index (χ0) is 25.6. The maximum Gasteiger partial charge on any atom is 0.313 e. The summed E-state index contributed by atoms with van der Waals surface area (Å²) >= 11 is 7.78. The Morgan fingerprint density at radius 2 is 1.70 bits per heavy atom. The number of pyridine rings is 1. The van der Waals surface area contributed by atoms with Crippen molar-refractivity contribution in [1.29, 1.82) is 0 Å². The van der Waals surface area contributed by atoms with Crippen LogP contribution in [0.5, 0.6) is 0 Å². The number of carbonyl (C=O) groups excluding carboxylic acids is 2. The summed E-state index contributed by atoms with van der Waals surface area (Å²) in [7, 11) is 0. The highest BCUT2D eigenvalue weighted by Gasteiger charge is 2.18. The first-order valence-corrected chi connectivity index (χ1v) is 13.4. The van der Waals surface area contributed by atoms with E-state index in [0.717, 1.165) is 59.9 Å². The second-order valence-electron chi connectivity index (χ2n) is 8.78. The predicted octanol–water partition coefficient (Wildman–Crippen LogP) is 4.28. The topological polar surface area (TPSA) is 90.5 Å². The normalized spacial score (nSPS) is 14.0. The Morgan fingerprint density at radius 1 is 0.946 bits per heavy atom. The molecule has 0 aliphatic carbocycles. The van der Waals surface area contributed by atoms with Gasteiger partial charge in [0.1, 0.15) is 5.01 Å². The second-order valence-corrected chi connectivity index (χ2v) is 10.2. The van der Waals surface area contributed by atoms with Crippen molar-refractivity contribution >= 4 is 56.3 Å². The molecular weight excluding hydrogens is 508 g/mol. The van der Waals surface area contributed by atoms with Crippen molar-refractivity contribution in [3.05, 3.63) is 72.0 Å². The summed E-state index contributed by atoms with van der Waals surface area (Å²) in [6, 6.07) is 17.0. The summed E-state index contributed by atoms with van der Waals surface area (Å²) in [6.07, 6.45) is 4.42. The van der Waals surface area contributed by atoms with Crippen molar-refractivity contribution in [3.63, 3.8) is 0 Å². The van der Waals surface area contributed by atoms with Crippen molar-refractivity contribution in [2.75, 3.05) is 49.5 Å². The number of nitrogens with one attached hydrogen (secondary N) is 2. The summed E-state index contributed by atoms with van der Waals surface area (Å²) < 4.78 is 0.945. The van der Waals surface area contributed by atoms with Gasteiger partial charge in [0.25, 0.3) is 0 Å². The smallest absolute Gasteiger partial charge is 0.313 e. The first-order valence-electron chi connectivity index (χ1n) is 12.2. The number of carbonyl (C=O) groups is 2. The Kier molecular flexibility index (Phi) is 7.93. The molecule has 0 unspecified atom stereocenters.